The number of rotatable bonds is 3. The minimum Gasteiger partial charge on any atom is -0.352 e. The quantitative estimate of drug-likeness (QED) is 0.678. The van der Waals surface area contributed by atoms with Crippen molar-refractivity contribution in [3.8, 4) is 0 Å². The van der Waals surface area contributed by atoms with Gasteiger partial charge in [0.1, 0.15) is 0 Å². The molecule has 1 aliphatic rings. The molecule has 1 heterocycles. The Morgan fingerprint density at radius 1 is 1.22 bits per heavy atom. The van der Waals surface area contributed by atoms with Gasteiger partial charge in [-0.25, -0.2) is 8.42 Å². The fourth-order valence-electron chi connectivity index (χ4n) is 3.20. The summed E-state index contributed by atoms with van der Waals surface area (Å²) in [5.41, 5.74) is 1.04. The number of aliphatic imine (C=N–C) groups is 1. The van der Waals surface area contributed by atoms with Crippen molar-refractivity contribution in [3.05, 3.63) is 29.8 Å². The van der Waals surface area contributed by atoms with Gasteiger partial charge in [-0.3, -0.25) is 4.99 Å². The minimum absolute atomic E-state index is 0.351. The topological polar surface area (TPSA) is 61.8 Å². The Kier molecular flexibility index (Phi) is 5.68. The third-order valence-corrected chi connectivity index (χ3v) is 5.31. The zero-order valence-electron chi connectivity index (χ0n) is 14.4. The first-order valence-electron chi connectivity index (χ1n) is 8.04. The molecule has 5 nitrogen and oxygen atoms in total. The van der Waals surface area contributed by atoms with E-state index in [1.165, 1.54) is 12.7 Å². The lowest BCUT2D eigenvalue weighted by molar-refractivity contribution is 0.208. The van der Waals surface area contributed by atoms with E-state index in [9.17, 15) is 8.42 Å². The number of likely N-dealkylation sites (tertiary alicyclic amines) is 1. The van der Waals surface area contributed by atoms with Gasteiger partial charge in [-0.05, 0) is 36.0 Å². The first-order chi connectivity index (χ1) is 10.8. The molecule has 2 unspecified atom stereocenters. The molecule has 2 rings (SSSR count). The predicted molar refractivity (Wildman–Crippen MR) is 94.3 cm³/mol. The van der Waals surface area contributed by atoms with Crippen molar-refractivity contribution in [1.29, 1.82) is 0 Å². The molecule has 0 bridgehead atoms. The second-order valence-electron chi connectivity index (χ2n) is 6.67. The van der Waals surface area contributed by atoms with Crippen LogP contribution in [0, 0.1) is 11.8 Å². The summed E-state index contributed by atoms with van der Waals surface area (Å²) in [5, 5.41) is 3.38. The fourth-order valence-corrected chi connectivity index (χ4v) is 3.83. The summed E-state index contributed by atoms with van der Waals surface area (Å²) in [7, 11) is -1.33. The monoisotopic (exact) mass is 337 g/mol. The van der Waals surface area contributed by atoms with E-state index < -0.39 is 9.84 Å². The zero-order chi connectivity index (χ0) is 17.0. The lowest BCUT2D eigenvalue weighted by Gasteiger charge is -2.37. The number of benzene rings is 1. The first kappa shape index (κ1) is 17.8. The summed E-state index contributed by atoms with van der Waals surface area (Å²) in [6.45, 7) is 7.24. The Bertz CT molecular complexity index is 643. The number of nitrogens with one attached hydrogen (secondary N) is 1. The second kappa shape index (κ2) is 7.34. The van der Waals surface area contributed by atoms with Crippen LogP contribution < -0.4 is 5.32 Å². The maximum atomic E-state index is 11.5. The lowest BCUT2D eigenvalue weighted by Crippen LogP contribution is -2.48. The number of piperidine rings is 1. The second-order valence-corrected chi connectivity index (χ2v) is 8.68. The molecule has 2 atom stereocenters. The molecule has 1 saturated heterocycles. The molecule has 1 fully saturated rings. The fraction of sp³-hybridized carbons (Fsp3) is 0.588. The van der Waals surface area contributed by atoms with Crippen LogP contribution in [0.1, 0.15) is 25.8 Å². The third kappa shape index (κ3) is 4.96. The highest BCUT2D eigenvalue weighted by Crippen LogP contribution is 2.21. The average Bonchev–Trinajstić information content (AvgIpc) is 2.46. The smallest absolute Gasteiger partial charge is 0.193 e. The molecule has 0 radical (unpaired) electrons. The summed E-state index contributed by atoms with van der Waals surface area (Å²) in [6.07, 6.45) is 2.49. The molecular weight excluding hydrogens is 310 g/mol. The van der Waals surface area contributed by atoms with E-state index in [0.29, 0.717) is 23.3 Å². The van der Waals surface area contributed by atoms with E-state index in [4.69, 9.17) is 0 Å². The lowest BCUT2D eigenvalue weighted by atomic mass is 9.92. The maximum absolute atomic E-state index is 11.5. The van der Waals surface area contributed by atoms with Gasteiger partial charge in [-0.1, -0.05) is 26.0 Å². The molecule has 6 heteroatoms. The standard InChI is InChI=1S/C17H27N3O2S/c1-13-9-14(2)12-20(11-13)17(18-3)19-10-15-5-7-16(8-6-15)23(4,21)22/h5-8,13-14H,9-12H2,1-4H3,(H,18,19). The van der Waals surface area contributed by atoms with Gasteiger partial charge in [-0.15, -0.1) is 0 Å². The summed E-state index contributed by atoms with van der Waals surface area (Å²) >= 11 is 0. The first-order valence-corrected chi connectivity index (χ1v) is 9.93. The molecule has 1 aliphatic heterocycles. The molecule has 0 amide bonds. The molecule has 1 aromatic carbocycles. The number of sulfone groups is 1. The van der Waals surface area contributed by atoms with Gasteiger partial charge in [0.2, 0.25) is 0 Å². The van der Waals surface area contributed by atoms with Crippen LogP contribution in [-0.2, 0) is 16.4 Å². The summed E-state index contributed by atoms with van der Waals surface area (Å²) in [5.74, 6) is 2.26. The normalized spacial score (nSPS) is 23.0. The number of hydrogen-bond donors (Lipinski definition) is 1. The highest BCUT2D eigenvalue weighted by Gasteiger charge is 2.23. The van der Waals surface area contributed by atoms with Crippen molar-refractivity contribution in [2.75, 3.05) is 26.4 Å². The van der Waals surface area contributed by atoms with Gasteiger partial charge < -0.3 is 10.2 Å². The molecule has 23 heavy (non-hydrogen) atoms. The van der Waals surface area contributed by atoms with Gasteiger partial charge in [0, 0.05) is 32.9 Å². The highest BCUT2D eigenvalue weighted by atomic mass is 32.2. The van der Waals surface area contributed by atoms with Crippen molar-refractivity contribution in [1.82, 2.24) is 10.2 Å². The predicted octanol–water partition coefficient (Wildman–Crippen LogP) is 2.14. The molecule has 1 N–H and O–H groups in total. The van der Waals surface area contributed by atoms with E-state index in [1.54, 1.807) is 19.2 Å². The zero-order valence-corrected chi connectivity index (χ0v) is 15.2. The van der Waals surface area contributed by atoms with Crippen LogP contribution in [0.2, 0.25) is 0 Å². The van der Waals surface area contributed by atoms with Gasteiger partial charge in [0.15, 0.2) is 15.8 Å². The van der Waals surface area contributed by atoms with Gasteiger partial charge in [0.25, 0.3) is 0 Å². The number of guanidine groups is 1. The van der Waals surface area contributed by atoms with Gasteiger partial charge in [-0.2, -0.15) is 0 Å². The third-order valence-electron chi connectivity index (χ3n) is 4.18. The molecule has 1 aromatic rings. The molecular formula is C17H27N3O2S. The van der Waals surface area contributed by atoms with E-state index in [2.05, 4.69) is 29.1 Å². The van der Waals surface area contributed by atoms with Crippen molar-refractivity contribution < 1.29 is 8.42 Å². The van der Waals surface area contributed by atoms with Crippen LogP contribution in [0.3, 0.4) is 0 Å². The van der Waals surface area contributed by atoms with Gasteiger partial charge in [0.05, 0.1) is 4.90 Å². The van der Waals surface area contributed by atoms with Crippen molar-refractivity contribution in [3.63, 3.8) is 0 Å². The van der Waals surface area contributed by atoms with E-state index >= 15 is 0 Å². The molecule has 128 valence electrons. The molecule has 0 spiro atoms. The largest absolute Gasteiger partial charge is 0.352 e. The number of nitrogens with zero attached hydrogens (tertiary/aromatic N) is 2. The Labute approximate surface area is 139 Å². The Hall–Kier alpha value is -1.56. The van der Waals surface area contributed by atoms with Crippen molar-refractivity contribution in [2.24, 2.45) is 16.8 Å². The van der Waals surface area contributed by atoms with Crippen LogP contribution in [0.5, 0.6) is 0 Å². The molecule has 0 saturated carbocycles. The van der Waals surface area contributed by atoms with Crippen LogP contribution >= 0.6 is 0 Å². The summed E-state index contributed by atoms with van der Waals surface area (Å²) < 4.78 is 23.0. The van der Waals surface area contributed by atoms with Crippen molar-refractivity contribution in [2.45, 2.75) is 31.7 Å². The Morgan fingerprint density at radius 3 is 2.26 bits per heavy atom. The average molecular weight is 337 g/mol. The minimum atomic E-state index is -3.14. The highest BCUT2D eigenvalue weighted by molar-refractivity contribution is 7.90. The Morgan fingerprint density at radius 2 is 1.78 bits per heavy atom. The van der Waals surface area contributed by atoms with E-state index in [-0.39, 0.29) is 0 Å². The van der Waals surface area contributed by atoms with E-state index in [0.717, 1.165) is 24.6 Å². The van der Waals surface area contributed by atoms with Crippen LogP contribution in [0.15, 0.2) is 34.2 Å². The van der Waals surface area contributed by atoms with Crippen molar-refractivity contribution >= 4 is 15.8 Å². The maximum Gasteiger partial charge on any atom is 0.193 e. The summed E-state index contributed by atoms with van der Waals surface area (Å²) in [4.78, 5) is 7.05. The van der Waals surface area contributed by atoms with Gasteiger partial charge >= 0.3 is 0 Å². The SMILES string of the molecule is CN=C(NCc1ccc(S(C)(=O)=O)cc1)N1CC(C)CC(C)C1. The molecule has 0 aromatic heterocycles. The number of hydrogen-bond acceptors (Lipinski definition) is 3. The van der Waals surface area contributed by atoms with Crippen LogP contribution in [0.4, 0.5) is 0 Å². The van der Waals surface area contributed by atoms with Crippen LogP contribution in [-0.4, -0.2) is 45.7 Å². The van der Waals surface area contributed by atoms with Crippen LogP contribution in [0.25, 0.3) is 0 Å². The van der Waals surface area contributed by atoms with E-state index in [1.807, 2.05) is 12.1 Å². The summed E-state index contributed by atoms with van der Waals surface area (Å²) in [6, 6.07) is 7.00. The Balaban J connectivity index is 1.98. The molecule has 0 aliphatic carbocycles.